The molecule has 3 heteroatoms. The number of rotatable bonds is 5. The minimum atomic E-state index is -0.333. The molecule has 0 spiro atoms. The van der Waals surface area contributed by atoms with Crippen LogP contribution in [0.3, 0.4) is 0 Å². The van der Waals surface area contributed by atoms with Crippen molar-refractivity contribution >= 4 is 5.78 Å². The minimum Gasteiger partial charge on any atom is -0.350 e. The van der Waals surface area contributed by atoms with Crippen LogP contribution in [0.2, 0.25) is 0 Å². The highest BCUT2D eigenvalue weighted by Crippen LogP contribution is 2.30. The van der Waals surface area contributed by atoms with E-state index in [2.05, 4.69) is 0 Å². The van der Waals surface area contributed by atoms with Gasteiger partial charge in [-0.05, 0) is 5.56 Å². The average molecular weight is 282 g/mol. The van der Waals surface area contributed by atoms with Gasteiger partial charge in [0.25, 0.3) is 0 Å². The molecular weight excluding hydrogens is 264 g/mol. The van der Waals surface area contributed by atoms with Gasteiger partial charge in [0.2, 0.25) is 0 Å². The number of Topliss-reactive ketones (excluding diaryl/α,β-unsaturated/α-hetero) is 1. The SMILES string of the molecule is O=C(CC(c1ccccc1)C1OCCO1)c1ccccc1. The molecule has 0 radical (unpaired) electrons. The van der Waals surface area contributed by atoms with Crippen molar-refractivity contribution in [3.8, 4) is 0 Å². The number of ether oxygens (including phenoxy) is 2. The van der Waals surface area contributed by atoms with E-state index < -0.39 is 0 Å². The molecule has 1 unspecified atom stereocenters. The van der Waals surface area contributed by atoms with Gasteiger partial charge in [-0.3, -0.25) is 4.79 Å². The molecule has 1 atom stereocenters. The number of hydrogen-bond donors (Lipinski definition) is 0. The minimum absolute atomic E-state index is 0.0681. The lowest BCUT2D eigenvalue weighted by Crippen LogP contribution is -2.22. The summed E-state index contributed by atoms with van der Waals surface area (Å²) in [6.07, 6.45) is 0.0543. The van der Waals surface area contributed by atoms with Crippen LogP contribution in [0.15, 0.2) is 60.7 Å². The first-order chi connectivity index (χ1) is 10.3. The largest absolute Gasteiger partial charge is 0.350 e. The van der Waals surface area contributed by atoms with E-state index in [1.807, 2.05) is 60.7 Å². The first-order valence-electron chi connectivity index (χ1n) is 7.21. The zero-order valence-electron chi connectivity index (χ0n) is 11.8. The van der Waals surface area contributed by atoms with E-state index >= 15 is 0 Å². The van der Waals surface area contributed by atoms with Crippen molar-refractivity contribution in [3.63, 3.8) is 0 Å². The van der Waals surface area contributed by atoms with Gasteiger partial charge in [-0.15, -0.1) is 0 Å². The lowest BCUT2D eigenvalue weighted by Gasteiger charge is -2.22. The number of benzene rings is 2. The number of ketones is 1. The van der Waals surface area contributed by atoms with E-state index in [-0.39, 0.29) is 18.0 Å². The highest BCUT2D eigenvalue weighted by Gasteiger charge is 2.30. The Labute approximate surface area is 124 Å². The lowest BCUT2D eigenvalue weighted by molar-refractivity contribution is -0.0610. The van der Waals surface area contributed by atoms with Crippen molar-refractivity contribution < 1.29 is 14.3 Å². The molecule has 3 rings (SSSR count). The summed E-state index contributed by atoms with van der Waals surface area (Å²) in [5.74, 6) is 0.0463. The van der Waals surface area contributed by atoms with Crippen LogP contribution in [0.4, 0.5) is 0 Å². The Hall–Kier alpha value is -1.97. The molecule has 1 heterocycles. The molecule has 1 fully saturated rings. The number of carbonyl (C=O) groups excluding carboxylic acids is 1. The quantitative estimate of drug-likeness (QED) is 0.788. The van der Waals surface area contributed by atoms with E-state index in [0.717, 1.165) is 11.1 Å². The Kier molecular flexibility index (Phi) is 4.43. The van der Waals surface area contributed by atoms with Crippen LogP contribution in [0.5, 0.6) is 0 Å². The molecule has 0 aromatic heterocycles. The zero-order chi connectivity index (χ0) is 14.5. The number of hydrogen-bond acceptors (Lipinski definition) is 3. The molecule has 0 N–H and O–H groups in total. The van der Waals surface area contributed by atoms with Gasteiger partial charge in [-0.2, -0.15) is 0 Å². The van der Waals surface area contributed by atoms with Crippen LogP contribution in [-0.2, 0) is 9.47 Å². The second-order valence-electron chi connectivity index (χ2n) is 5.12. The third-order valence-electron chi connectivity index (χ3n) is 3.70. The van der Waals surface area contributed by atoms with Crippen molar-refractivity contribution in [2.24, 2.45) is 0 Å². The molecule has 1 aliphatic rings. The van der Waals surface area contributed by atoms with E-state index in [4.69, 9.17) is 9.47 Å². The average Bonchev–Trinajstić information content (AvgIpc) is 3.08. The van der Waals surface area contributed by atoms with Crippen molar-refractivity contribution in [1.29, 1.82) is 0 Å². The van der Waals surface area contributed by atoms with E-state index in [1.54, 1.807) is 0 Å². The Bertz CT molecular complexity index is 574. The summed E-state index contributed by atoms with van der Waals surface area (Å²) in [4.78, 5) is 12.5. The summed E-state index contributed by atoms with van der Waals surface area (Å²) in [5.41, 5.74) is 1.81. The van der Waals surface area contributed by atoms with Gasteiger partial charge >= 0.3 is 0 Å². The van der Waals surface area contributed by atoms with Crippen molar-refractivity contribution in [2.75, 3.05) is 13.2 Å². The molecule has 21 heavy (non-hydrogen) atoms. The Morgan fingerprint density at radius 3 is 2.14 bits per heavy atom. The van der Waals surface area contributed by atoms with Crippen LogP contribution in [0.1, 0.15) is 28.3 Å². The van der Waals surface area contributed by atoms with Crippen LogP contribution in [-0.4, -0.2) is 25.3 Å². The Balaban J connectivity index is 1.81. The van der Waals surface area contributed by atoms with E-state index in [1.165, 1.54) is 0 Å². The van der Waals surface area contributed by atoms with Crippen molar-refractivity contribution in [3.05, 3.63) is 71.8 Å². The van der Waals surface area contributed by atoms with Gasteiger partial charge in [0.1, 0.15) is 0 Å². The molecule has 0 bridgehead atoms. The first-order valence-corrected chi connectivity index (χ1v) is 7.21. The molecule has 3 nitrogen and oxygen atoms in total. The normalized spacial score (nSPS) is 16.8. The van der Waals surface area contributed by atoms with Gasteiger partial charge in [0, 0.05) is 17.9 Å². The molecule has 2 aromatic carbocycles. The van der Waals surface area contributed by atoms with Crippen molar-refractivity contribution in [2.45, 2.75) is 18.6 Å². The maximum Gasteiger partial charge on any atom is 0.165 e. The van der Waals surface area contributed by atoms with E-state index in [0.29, 0.717) is 19.6 Å². The van der Waals surface area contributed by atoms with Crippen LogP contribution in [0, 0.1) is 0 Å². The third kappa shape index (κ3) is 3.38. The third-order valence-corrected chi connectivity index (χ3v) is 3.70. The second-order valence-corrected chi connectivity index (χ2v) is 5.12. The topological polar surface area (TPSA) is 35.5 Å². The zero-order valence-corrected chi connectivity index (χ0v) is 11.8. The molecule has 108 valence electrons. The monoisotopic (exact) mass is 282 g/mol. The summed E-state index contributed by atoms with van der Waals surface area (Å²) in [7, 11) is 0. The molecule has 0 amide bonds. The molecule has 2 aromatic rings. The van der Waals surface area contributed by atoms with Crippen LogP contribution >= 0.6 is 0 Å². The van der Waals surface area contributed by atoms with Crippen LogP contribution < -0.4 is 0 Å². The van der Waals surface area contributed by atoms with Gasteiger partial charge in [0.05, 0.1) is 13.2 Å². The summed E-state index contributed by atoms with van der Waals surface area (Å²) in [5, 5.41) is 0. The van der Waals surface area contributed by atoms with Gasteiger partial charge in [0.15, 0.2) is 12.1 Å². The predicted octanol–water partition coefficient (Wildman–Crippen LogP) is 3.42. The van der Waals surface area contributed by atoms with Gasteiger partial charge in [-0.25, -0.2) is 0 Å². The highest BCUT2D eigenvalue weighted by atomic mass is 16.7. The summed E-state index contributed by atoms with van der Waals surface area (Å²) < 4.78 is 11.3. The fraction of sp³-hybridized carbons (Fsp3) is 0.278. The molecule has 0 saturated carbocycles. The molecule has 1 aliphatic heterocycles. The van der Waals surface area contributed by atoms with Gasteiger partial charge in [-0.1, -0.05) is 60.7 Å². The second kappa shape index (κ2) is 6.66. The Morgan fingerprint density at radius 2 is 1.52 bits per heavy atom. The smallest absolute Gasteiger partial charge is 0.165 e. The molecule has 1 saturated heterocycles. The molecular formula is C18H18O3. The van der Waals surface area contributed by atoms with Crippen molar-refractivity contribution in [1.82, 2.24) is 0 Å². The highest BCUT2D eigenvalue weighted by molar-refractivity contribution is 5.96. The van der Waals surface area contributed by atoms with Gasteiger partial charge < -0.3 is 9.47 Å². The predicted molar refractivity (Wildman–Crippen MR) is 80.3 cm³/mol. The first kappa shape index (κ1) is 14.0. The Morgan fingerprint density at radius 1 is 0.952 bits per heavy atom. The number of carbonyl (C=O) groups is 1. The maximum atomic E-state index is 12.5. The summed E-state index contributed by atoms with van der Waals surface area (Å²) in [6, 6.07) is 19.3. The summed E-state index contributed by atoms with van der Waals surface area (Å²) >= 11 is 0. The fourth-order valence-electron chi connectivity index (χ4n) is 2.62. The van der Waals surface area contributed by atoms with E-state index in [9.17, 15) is 4.79 Å². The van der Waals surface area contributed by atoms with Crippen LogP contribution in [0.25, 0.3) is 0 Å². The fourth-order valence-corrected chi connectivity index (χ4v) is 2.62. The summed E-state index contributed by atoms with van der Waals surface area (Å²) in [6.45, 7) is 1.18. The molecule has 0 aliphatic carbocycles. The standard InChI is InChI=1S/C18H18O3/c19-17(15-9-5-2-6-10-15)13-16(18-20-11-12-21-18)14-7-3-1-4-8-14/h1-10,16,18H,11-13H2. The lowest BCUT2D eigenvalue weighted by atomic mass is 9.91. The maximum absolute atomic E-state index is 12.5.